The lowest BCUT2D eigenvalue weighted by atomic mass is 10.0. The quantitative estimate of drug-likeness (QED) is 0.565. The van der Waals surface area contributed by atoms with Crippen LogP contribution < -0.4 is 10.1 Å². The molecule has 0 bridgehead atoms. The highest BCUT2D eigenvalue weighted by Gasteiger charge is 2.26. The van der Waals surface area contributed by atoms with E-state index in [1.807, 2.05) is 0 Å². The molecular weight excluding hydrogens is 448 g/mol. The maximum Gasteiger partial charge on any atom is 0.372 e. The Bertz CT molecular complexity index is 1030. The number of hydrogen-bond acceptors (Lipinski definition) is 7. The molecule has 32 heavy (non-hydrogen) atoms. The van der Waals surface area contributed by atoms with Gasteiger partial charge in [0.05, 0.1) is 6.61 Å². The average Bonchev–Trinajstić information content (AvgIpc) is 2.72. The zero-order valence-corrected chi connectivity index (χ0v) is 17.8. The first-order valence-electron chi connectivity index (χ1n) is 9.24. The molecule has 0 aliphatic heterocycles. The third kappa shape index (κ3) is 6.51. The lowest BCUT2D eigenvalue weighted by molar-refractivity contribution is -0.140. The Balaban J connectivity index is 2.30. The van der Waals surface area contributed by atoms with E-state index >= 15 is 4.39 Å². The van der Waals surface area contributed by atoms with Gasteiger partial charge in [-0.25, -0.2) is 23.2 Å². The summed E-state index contributed by atoms with van der Waals surface area (Å²) in [5, 5.41) is 10.2. The fourth-order valence-corrected chi connectivity index (χ4v) is 3.26. The zero-order chi connectivity index (χ0) is 23.8. The van der Waals surface area contributed by atoms with Gasteiger partial charge in [-0.1, -0.05) is 12.1 Å². The predicted octanol–water partition coefficient (Wildman–Crippen LogP) is 3.63. The number of thioether (sulfide) groups is 1. The van der Waals surface area contributed by atoms with Crippen molar-refractivity contribution in [2.75, 3.05) is 12.4 Å². The van der Waals surface area contributed by atoms with Crippen LogP contribution in [0.15, 0.2) is 36.4 Å². The van der Waals surface area contributed by atoms with Crippen molar-refractivity contribution in [3.8, 4) is 16.9 Å². The number of nitrogens with one attached hydrogen (secondary N) is 1. The number of hydrogen-bond donors (Lipinski definition) is 2. The Morgan fingerprint density at radius 3 is 2.31 bits per heavy atom. The van der Waals surface area contributed by atoms with Crippen LogP contribution in [-0.2, 0) is 14.3 Å². The van der Waals surface area contributed by atoms with Crippen LogP contribution in [-0.4, -0.2) is 46.7 Å². The molecule has 2 aromatic rings. The molecular formula is C21H19F2NO7S. The number of carboxylic acids is 1. The van der Waals surface area contributed by atoms with Gasteiger partial charge >= 0.3 is 17.2 Å². The largest absolute Gasteiger partial charge is 0.480 e. The summed E-state index contributed by atoms with van der Waals surface area (Å²) in [4.78, 5) is 46.7. The molecule has 0 radical (unpaired) electrons. The van der Waals surface area contributed by atoms with Gasteiger partial charge in [0.25, 0.3) is 0 Å². The van der Waals surface area contributed by atoms with Gasteiger partial charge in [0.15, 0.2) is 0 Å². The highest BCUT2D eigenvalue weighted by atomic mass is 32.2. The Hall–Kier alpha value is -3.47. The summed E-state index contributed by atoms with van der Waals surface area (Å²) < 4.78 is 38.3. The number of carbonyl (C=O) groups excluding carboxylic acids is 3. The van der Waals surface area contributed by atoms with E-state index in [0.717, 1.165) is 19.1 Å². The molecule has 0 saturated heterocycles. The number of carbonyl (C=O) groups is 4. The molecule has 2 N–H and O–H groups in total. The third-order valence-electron chi connectivity index (χ3n) is 3.98. The monoisotopic (exact) mass is 467 g/mol. The molecule has 11 heteroatoms. The van der Waals surface area contributed by atoms with E-state index in [2.05, 4.69) is 5.32 Å². The molecule has 0 aliphatic carbocycles. The molecule has 2 rings (SSSR count). The number of halogens is 2. The standard InChI is InChI=1S/C21H19F2NO7S/c1-3-30-20(28)17-16(31-21(29)32-10-15(19(26)27)24-11(2)25)9-8-14(18(17)23)12-4-6-13(22)7-5-12/h4-9,15H,3,10H2,1-2H3,(H,24,25)(H,26,27)/t15-/m0/s1. The van der Waals surface area contributed by atoms with E-state index in [1.165, 1.54) is 31.2 Å². The molecule has 2 aromatic carbocycles. The van der Waals surface area contributed by atoms with Crippen LogP contribution in [0.25, 0.3) is 11.1 Å². The van der Waals surface area contributed by atoms with Gasteiger partial charge in [0.2, 0.25) is 5.91 Å². The second-order valence-corrected chi connectivity index (χ2v) is 7.24. The van der Waals surface area contributed by atoms with Gasteiger partial charge in [0.1, 0.15) is 29.0 Å². The van der Waals surface area contributed by atoms with Crippen molar-refractivity contribution in [2.24, 2.45) is 0 Å². The molecule has 8 nitrogen and oxygen atoms in total. The number of benzene rings is 2. The van der Waals surface area contributed by atoms with Crippen LogP contribution in [0.5, 0.6) is 5.75 Å². The Kier molecular flexibility index (Phi) is 8.71. The first-order chi connectivity index (χ1) is 15.1. The van der Waals surface area contributed by atoms with E-state index in [-0.39, 0.29) is 23.5 Å². The normalized spacial score (nSPS) is 11.4. The number of aliphatic carboxylic acids is 1. The molecule has 0 unspecified atom stereocenters. The fourth-order valence-electron chi connectivity index (χ4n) is 2.58. The lowest BCUT2D eigenvalue weighted by Crippen LogP contribution is -2.41. The molecule has 0 spiro atoms. The van der Waals surface area contributed by atoms with Gasteiger partial charge in [0, 0.05) is 18.2 Å². The number of amides is 1. The van der Waals surface area contributed by atoms with E-state index in [1.54, 1.807) is 0 Å². The molecule has 0 aromatic heterocycles. The molecule has 170 valence electrons. The van der Waals surface area contributed by atoms with E-state index < -0.39 is 52.1 Å². The highest BCUT2D eigenvalue weighted by Crippen LogP contribution is 2.32. The average molecular weight is 467 g/mol. The Labute approximate surface area is 185 Å². The van der Waals surface area contributed by atoms with Crippen LogP contribution in [0.1, 0.15) is 24.2 Å². The summed E-state index contributed by atoms with van der Waals surface area (Å²) in [7, 11) is 0. The van der Waals surface area contributed by atoms with Crippen molar-refractivity contribution in [2.45, 2.75) is 19.9 Å². The molecule has 0 aliphatic rings. The van der Waals surface area contributed by atoms with Crippen LogP contribution in [0.4, 0.5) is 13.6 Å². The van der Waals surface area contributed by atoms with Crippen LogP contribution in [0.3, 0.4) is 0 Å². The third-order valence-corrected chi connectivity index (χ3v) is 4.79. The summed E-state index contributed by atoms with van der Waals surface area (Å²) in [5.41, 5.74) is -0.405. The van der Waals surface area contributed by atoms with Gasteiger partial charge in [-0.15, -0.1) is 0 Å². The molecule has 0 fully saturated rings. The van der Waals surface area contributed by atoms with E-state index in [0.29, 0.717) is 11.8 Å². The molecule has 0 saturated carbocycles. The summed E-state index contributed by atoms with van der Waals surface area (Å²) in [6, 6.07) is 5.95. The first kappa shape index (κ1) is 24.8. The smallest absolute Gasteiger partial charge is 0.372 e. The fraction of sp³-hybridized carbons (Fsp3) is 0.238. The summed E-state index contributed by atoms with van der Waals surface area (Å²) in [6.45, 7) is 2.56. The van der Waals surface area contributed by atoms with Crippen LogP contribution in [0, 0.1) is 11.6 Å². The first-order valence-corrected chi connectivity index (χ1v) is 10.2. The van der Waals surface area contributed by atoms with Crippen LogP contribution in [0.2, 0.25) is 0 Å². The second-order valence-electron chi connectivity index (χ2n) is 6.28. The topological polar surface area (TPSA) is 119 Å². The van der Waals surface area contributed by atoms with E-state index in [4.69, 9.17) is 14.6 Å². The van der Waals surface area contributed by atoms with Gasteiger partial charge in [-0.2, -0.15) is 0 Å². The van der Waals surface area contributed by atoms with Crippen LogP contribution >= 0.6 is 11.8 Å². The molecule has 1 amide bonds. The minimum Gasteiger partial charge on any atom is -0.480 e. The van der Waals surface area contributed by atoms with Crippen molar-refractivity contribution >= 4 is 34.9 Å². The highest BCUT2D eigenvalue weighted by molar-refractivity contribution is 8.13. The second kappa shape index (κ2) is 11.2. The SMILES string of the molecule is CCOC(=O)c1c(OC(=O)SC[C@H](NC(C)=O)C(=O)O)ccc(-c2ccc(F)cc2)c1F. The number of rotatable bonds is 8. The van der Waals surface area contributed by atoms with Gasteiger partial charge < -0.3 is 19.9 Å². The summed E-state index contributed by atoms with van der Waals surface area (Å²) in [5.74, 6) is -5.40. The maximum absolute atomic E-state index is 15.2. The minimum absolute atomic E-state index is 0.0443. The Morgan fingerprint density at radius 2 is 1.75 bits per heavy atom. The van der Waals surface area contributed by atoms with Gasteiger partial charge in [-0.3, -0.25) is 4.79 Å². The number of esters is 1. The Morgan fingerprint density at radius 1 is 1.09 bits per heavy atom. The summed E-state index contributed by atoms with van der Waals surface area (Å²) >= 11 is 0.419. The van der Waals surface area contributed by atoms with Crippen molar-refractivity contribution in [3.63, 3.8) is 0 Å². The predicted molar refractivity (Wildman–Crippen MR) is 111 cm³/mol. The van der Waals surface area contributed by atoms with Crippen molar-refractivity contribution < 1.29 is 42.5 Å². The summed E-state index contributed by atoms with van der Waals surface area (Å²) in [6.07, 6.45) is 0. The number of carboxylic acid groups (broad SMARTS) is 1. The van der Waals surface area contributed by atoms with Crippen molar-refractivity contribution in [3.05, 3.63) is 53.6 Å². The zero-order valence-electron chi connectivity index (χ0n) is 17.0. The van der Waals surface area contributed by atoms with Crippen molar-refractivity contribution in [1.29, 1.82) is 0 Å². The molecule has 0 heterocycles. The molecule has 1 atom stereocenters. The van der Waals surface area contributed by atoms with Gasteiger partial charge in [-0.05, 0) is 48.5 Å². The minimum atomic E-state index is -1.36. The number of ether oxygens (including phenoxy) is 2. The maximum atomic E-state index is 15.2. The lowest BCUT2D eigenvalue weighted by Gasteiger charge is -2.14. The van der Waals surface area contributed by atoms with E-state index in [9.17, 15) is 23.6 Å². The van der Waals surface area contributed by atoms with Crippen molar-refractivity contribution in [1.82, 2.24) is 5.32 Å².